The van der Waals surface area contributed by atoms with Gasteiger partial charge in [0.1, 0.15) is 17.5 Å². The van der Waals surface area contributed by atoms with Gasteiger partial charge in [0, 0.05) is 57.9 Å². The average molecular weight is 325 g/mol. The van der Waals surface area contributed by atoms with Crippen LogP contribution in [0.25, 0.3) is 0 Å². The van der Waals surface area contributed by atoms with Gasteiger partial charge in [-0.05, 0) is 18.2 Å². The summed E-state index contributed by atoms with van der Waals surface area (Å²) in [6.45, 7) is 5.61. The van der Waals surface area contributed by atoms with Gasteiger partial charge in [0.15, 0.2) is 0 Å². The van der Waals surface area contributed by atoms with Crippen LogP contribution in [0.5, 0.6) is 0 Å². The number of aromatic nitrogens is 3. The van der Waals surface area contributed by atoms with Crippen LogP contribution in [-0.4, -0.2) is 59.1 Å². The number of piperazine rings is 2. The molecule has 2 aliphatic heterocycles. The van der Waals surface area contributed by atoms with E-state index in [1.165, 1.54) is 0 Å². The topological polar surface area (TPSA) is 78.0 Å². The lowest BCUT2D eigenvalue weighted by atomic mass is 9.89. The standard InChI is InChI=1S/C17H23N7/c1-2-5-19-14(4-1)17(24-12-10-18-11-13-24)15(20-8-9-23-17)16-21-6-3-7-22-16/h1-7,15,18,20,23H,8-13H2. The molecule has 0 radical (unpaired) electrons. The summed E-state index contributed by atoms with van der Waals surface area (Å²) in [5.41, 5.74) is 0.569. The van der Waals surface area contributed by atoms with E-state index in [1.807, 2.05) is 24.4 Å². The summed E-state index contributed by atoms with van der Waals surface area (Å²) in [5.74, 6) is 0.800. The van der Waals surface area contributed by atoms with Crippen molar-refractivity contribution in [1.82, 2.24) is 35.8 Å². The first-order valence-corrected chi connectivity index (χ1v) is 8.54. The Morgan fingerprint density at radius 1 is 0.917 bits per heavy atom. The predicted octanol–water partition coefficient (Wildman–Crippen LogP) is -0.136. The van der Waals surface area contributed by atoms with Crippen LogP contribution >= 0.6 is 0 Å². The Morgan fingerprint density at radius 2 is 1.71 bits per heavy atom. The van der Waals surface area contributed by atoms with Crippen molar-refractivity contribution < 1.29 is 0 Å². The van der Waals surface area contributed by atoms with Gasteiger partial charge in [-0.2, -0.15) is 0 Å². The molecule has 3 N–H and O–H groups in total. The highest BCUT2D eigenvalue weighted by Gasteiger charge is 2.50. The van der Waals surface area contributed by atoms with Crippen LogP contribution < -0.4 is 16.0 Å². The molecule has 2 atom stereocenters. The zero-order valence-electron chi connectivity index (χ0n) is 13.7. The fourth-order valence-electron chi connectivity index (χ4n) is 3.76. The Kier molecular flexibility index (Phi) is 4.48. The summed E-state index contributed by atoms with van der Waals surface area (Å²) in [4.78, 5) is 16.2. The first kappa shape index (κ1) is 15.6. The predicted molar refractivity (Wildman–Crippen MR) is 91.1 cm³/mol. The molecule has 7 nitrogen and oxygen atoms in total. The Hall–Kier alpha value is -1.93. The number of rotatable bonds is 3. The highest BCUT2D eigenvalue weighted by Crippen LogP contribution is 2.37. The molecule has 2 fully saturated rings. The van der Waals surface area contributed by atoms with Gasteiger partial charge in [-0.15, -0.1) is 0 Å². The van der Waals surface area contributed by atoms with E-state index in [4.69, 9.17) is 4.98 Å². The summed E-state index contributed by atoms with van der Waals surface area (Å²) < 4.78 is 0. The van der Waals surface area contributed by atoms with Gasteiger partial charge in [-0.25, -0.2) is 9.97 Å². The first-order chi connectivity index (χ1) is 11.9. The lowest BCUT2D eigenvalue weighted by molar-refractivity contribution is -0.0168. The number of nitrogens with zero attached hydrogens (tertiary/aromatic N) is 4. The minimum absolute atomic E-state index is 0.0551. The maximum Gasteiger partial charge on any atom is 0.148 e. The summed E-state index contributed by atoms with van der Waals surface area (Å²) in [5, 5.41) is 10.8. The highest BCUT2D eigenvalue weighted by molar-refractivity contribution is 5.24. The molecular weight excluding hydrogens is 302 g/mol. The van der Waals surface area contributed by atoms with Crippen LogP contribution in [0.4, 0.5) is 0 Å². The van der Waals surface area contributed by atoms with Gasteiger partial charge in [0.25, 0.3) is 0 Å². The highest BCUT2D eigenvalue weighted by atomic mass is 15.4. The van der Waals surface area contributed by atoms with Gasteiger partial charge < -0.3 is 10.6 Å². The molecule has 0 saturated carbocycles. The van der Waals surface area contributed by atoms with Crippen molar-refractivity contribution in [3.05, 3.63) is 54.4 Å². The smallest absolute Gasteiger partial charge is 0.148 e. The molecule has 126 valence electrons. The van der Waals surface area contributed by atoms with E-state index >= 15 is 0 Å². The number of hydrogen-bond donors (Lipinski definition) is 3. The van der Waals surface area contributed by atoms with Crippen molar-refractivity contribution in [3.63, 3.8) is 0 Å². The maximum atomic E-state index is 4.71. The third-order valence-corrected chi connectivity index (χ3v) is 4.80. The van der Waals surface area contributed by atoms with Crippen molar-refractivity contribution in [2.75, 3.05) is 39.3 Å². The minimum Gasteiger partial charge on any atom is -0.314 e. The molecule has 2 unspecified atom stereocenters. The van der Waals surface area contributed by atoms with Crippen LogP contribution in [0.3, 0.4) is 0 Å². The van der Waals surface area contributed by atoms with E-state index in [0.29, 0.717) is 0 Å². The Labute approximate surface area is 141 Å². The molecule has 0 spiro atoms. The summed E-state index contributed by atoms with van der Waals surface area (Å²) in [6.07, 6.45) is 5.47. The zero-order valence-corrected chi connectivity index (χ0v) is 13.7. The molecule has 2 aromatic heterocycles. The molecule has 2 aromatic rings. The van der Waals surface area contributed by atoms with Crippen LogP contribution in [-0.2, 0) is 5.66 Å². The largest absolute Gasteiger partial charge is 0.314 e. The quantitative estimate of drug-likeness (QED) is 0.725. The van der Waals surface area contributed by atoms with E-state index in [9.17, 15) is 0 Å². The monoisotopic (exact) mass is 325 g/mol. The Morgan fingerprint density at radius 3 is 2.46 bits per heavy atom. The second kappa shape index (κ2) is 6.90. The van der Waals surface area contributed by atoms with Gasteiger partial charge >= 0.3 is 0 Å². The summed E-state index contributed by atoms with van der Waals surface area (Å²) in [6, 6.07) is 7.90. The molecule has 2 saturated heterocycles. The molecule has 0 aromatic carbocycles. The third kappa shape index (κ3) is 2.69. The second-order valence-electron chi connectivity index (χ2n) is 6.14. The maximum absolute atomic E-state index is 4.71. The van der Waals surface area contributed by atoms with Gasteiger partial charge in [0.2, 0.25) is 0 Å². The lowest BCUT2D eigenvalue weighted by Crippen LogP contribution is -2.69. The minimum atomic E-state index is -0.442. The van der Waals surface area contributed by atoms with Crippen LogP contribution in [0.15, 0.2) is 42.9 Å². The van der Waals surface area contributed by atoms with E-state index in [2.05, 4.69) is 36.9 Å². The average Bonchev–Trinajstić information content (AvgIpc) is 2.70. The van der Waals surface area contributed by atoms with E-state index in [-0.39, 0.29) is 6.04 Å². The fourth-order valence-corrected chi connectivity index (χ4v) is 3.76. The number of nitrogens with one attached hydrogen (secondary N) is 3. The van der Waals surface area contributed by atoms with Gasteiger partial charge in [-0.3, -0.25) is 15.2 Å². The molecular formula is C17H23N7. The Bertz CT molecular complexity index is 645. The van der Waals surface area contributed by atoms with Crippen molar-refractivity contribution in [1.29, 1.82) is 0 Å². The van der Waals surface area contributed by atoms with Crippen molar-refractivity contribution in [2.24, 2.45) is 0 Å². The van der Waals surface area contributed by atoms with Crippen molar-refractivity contribution >= 4 is 0 Å². The molecule has 0 amide bonds. The Balaban J connectivity index is 1.83. The second-order valence-corrected chi connectivity index (χ2v) is 6.14. The molecule has 0 aliphatic carbocycles. The SMILES string of the molecule is c1ccc(C2(N3CCNCC3)NCCNC2c2ncccn2)nc1. The number of pyridine rings is 1. The number of hydrogen-bond acceptors (Lipinski definition) is 7. The van der Waals surface area contributed by atoms with Crippen LogP contribution in [0, 0.1) is 0 Å². The molecule has 2 aliphatic rings. The third-order valence-electron chi connectivity index (χ3n) is 4.80. The summed E-state index contributed by atoms with van der Waals surface area (Å²) in [7, 11) is 0. The van der Waals surface area contributed by atoms with Crippen molar-refractivity contribution in [3.8, 4) is 0 Å². The van der Waals surface area contributed by atoms with E-state index in [1.54, 1.807) is 12.4 Å². The first-order valence-electron chi connectivity index (χ1n) is 8.54. The van der Waals surface area contributed by atoms with E-state index in [0.717, 1.165) is 50.8 Å². The molecule has 24 heavy (non-hydrogen) atoms. The zero-order chi connectivity index (χ0) is 16.2. The van der Waals surface area contributed by atoms with Crippen molar-refractivity contribution in [2.45, 2.75) is 11.7 Å². The van der Waals surface area contributed by atoms with Crippen LogP contribution in [0.2, 0.25) is 0 Å². The van der Waals surface area contributed by atoms with E-state index < -0.39 is 5.66 Å². The molecule has 4 rings (SSSR count). The van der Waals surface area contributed by atoms with Crippen LogP contribution in [0.1, 0.15) is 17.6 Å². The fraction of sp³-hybridized carbons (Fsp3) is 0.471. The molecule has 7 heteroatoms. The summed E-state index contributed by atoms with van der Waals surface area (Å²) >= 11 is 0. The normalized spacial score (nSPS) is 28.6. The lowest BCUT2D eigenvalue weighted by Gasteiger charge is -2.52. The molecule has 0 bridgehead atoms. The van der Waals surface area contributed by atoms with Gasteiger partial charge in [-0.1, -0.05) is 6.07 Å². The molecule has 4 heterocycles. The van der Waals surface area contributed by atoms with Gasteiger partial charge in [0.05, 0.1) is 5.69 Å².